The highest BCUT2D eigenvalue weighted by Gasteiger charge is 2.25. The monoisotopic (exact) mass is 397 g/mol. The van der Waals surface area contributed by atoms with Crippen LogP contribution in [0.25, 0.3) is 5.69 Å². The van der Waals surface area contributed by atoms with Gasteiger partial charge < -0.3 is 16.0 Å². The fourth-order valence-electron chi connectivity index (χ4n) is 4.17. The predicted octanol–water partition coefficient (Wildman–Crippen LogP) is 2.18. The lowest BCUT2D eigenvalue weighted by molar-refractivity contribution is -0.105. The molecule has 0 spiro atoms. The number of hydrogen-bond donors (Lipinski definition) is 2. The highest BCUT2D eigenvalue weighted by Crippen LogP contribution is 2.27. The second-order valence-corrected chi connectivity index (χ2v) is 8.02. The normalized spacial score (nSPS) is 20.4. The first kappa shape index (κ1) is 21.2. The van der Waals surface area contributed by atoms with Gasteiger partial charge in [-0.2, -0.15) is 4.98 Å². The Kier molecular flexibility index (Phi) is 7.17. The van der Waals surface area contributed by atoms with Gasteiger partial charge >= 0.3 is 5.69 Å². The molecule has 29 heavy (non-hydrogen) atoms. The fraction of sp³-hybridized carbons (Fsp3) is 0.500. The maximum atomic E-state index is 12.2. The Balaban J connectivity index is 1.61. The number of benzene rings is 1. The number of carbonyl (C=O) groups excluding carboxylic acids is 1. The average molecular weight is 398 g/mol. The van der Waals surface area contributed by atoms with Crippen LogP contribution < -0.4 is 16.7 Å². The van der Waals surface area contributed by atoms with Crippen molar-refractivity contribution in [3.8, 4) is 5.69 Å². The Morgan fingerprint density at radius 2 is 1.93 bits per heavy atom. The third-order valence-electron chi connectivity index (χ3n) is 6.18. The van der Waals surface area contributed by atoms with Gasteiger partial charge in [0.2, 0.25) is 6.41 Å². The van der Waals surface area contributed by atoms with E-state index in [9.17, 15) is 9.59 Å². The van der Waals surface area contributed by atoms with E-state index in [2.05, 4.69) is 41.3 Å². The van der Waals surface area contributed by atoms with Gasteiger partial charge in [-0.3, -0.25) is 9.36 Å². The molecule has 3 rings (SSSR count). The second kappa shape index (κ2) is 9.80. The molecule has 0 saturated heterocycles. The predicted molar refractivity (Wildman–Crippen MR) is 115 cm³/mol. The van der Waals surface area contributed by atoms with E-state index in [1.807, 2.05) is 12.1 Å². The number of hydrogen-bond acceptors (Lipinski definition) is 5. The van der Waals surface area contributed by atoms with Crippen molar-refractivity contribution in [2.75, 3.05) is 18.9 Å². The number of anilines is 1. The lowest BCUT2D eigenvalue weighted by Gasteiger charge is -2.38. The molecule has 7 nitrogen and oxygen atoms in total. The van der Waals surface area contributed by atoms with Gasteiger partial charge in [0, 0.05) is 18.3 Å². The van der Waals surface area contributed by atoms with E-state index in [1.165, 1.54) is 35.8 Å². The molecule has 1 aliphatic rings. The number of aromatic nitrogens is 2. The number of likely N-dealkylation sites (N-methyl/N-ethyl adjacent to an activating group) is 1. The minimum absolute atomic E-state index is 0.246. The number of carbonyl (C=O) groups is 1. The van der Waals surface area contributed by atoms with E-state index in [4.69, 9.17) is 5.73 Å². The van der Waals surface area contributed by atoms with Crippen molar-refractivity contribution < 1.29 is 4.79 Å². The highest BCUT2D eigenvalue weighted by molar-refractivity contribution is 5.68. The molecular weight excluding hydrogens is 366 g/mol. The molecule has 1 fully saturated rings. The van der Waals surface area contributed by atoms with Crippen LogP contribution >= 0.6 is 0 Å². The van der Waals surface area contributed by atoms with Gasteiger partial charge in [-0.15, -0.1) is 0 Å². The summed E-state index contributed by atoms with van der Waals surface area (Å²) in [6.07, 6.45) is 8.00. The van der Waals surface area contributed by atoms with Gasteiger partial charge in [0.05, 0.1) is 5.69 Å². The van der Waals surface area contributed by atoms with Gasteiger partial charge in [0.1, 0.15) is 5.82 Å². The van der Waals surface area contributed by atoms with Gasteiger partial charge in [0.15, 0.2) is 0 Å². The van der Waals surface area contributed by atoms with Gasteiger partial charge in [-0.1, -0.05) is 12.1 Å². The van der Waals surface area contributed by atoms with Crippen LogP contribution in [0.3, 0.4) is 0 Å². The maximum absolute atomic E-state index is 12.2. The zero-order chi connectivity index (χ0) is 20.8. The van der Waals surface area contributed by atoms with E-state index < -0.39 is 5.69 Å². The van der Waals surface area contributed by atoms with E-state index in [-0.39, 0.29) is 5.82 Å². The molecule has 1 amide bonds. The number of nitrogens with zero attached hydrogens (tertiary/aromatic N) is 3. The molecule has 156 valence electrons. The van der Waals surface area contributed by atoms with Crippen molar-refractivity contribution in [1.29, 1.82) is 0 Å². The van der Waals surface area contributed by atoms with E-state index >= 15 is 0 Å². The smallest absolute Gasteiger partial charge is 0.330 e. The zero-order valence-electron chi connectivity index (χ0n) is 17.3. The zero-order valence-corrected chi connectivity index (χ0v) is 17.3. The maximum Gasteiger partial charge on any atom is 0.354 e. The van der Waals surface area contributed by atoms with Crippen molar-refractivity contribution in [2.24, 2.45) is 11.7 Å². The Labute approximate surface area is 171 Å². The third kappa shape index (κ3) is 5.31. The summed E-state index contributed by atoms with van der Waals surface area (Å²) in [4.78, 5) is 29.0. The Bertz CT molecular complexity index is 856. The van der Waals surface area contributed by atoms with Crippen LogP contribution in [-0.2, 0) is 11.2 Å². The molecule has 7 heteroatoms. The Morgan fingerprint density at radius 1 is 1.24 bits per heavy atom. The number of amides is 1. The molecule has 1 atom stereocenters. The lowest BCUT2D eigenvalue weighted by atomic mass is 9.85. The fourth-order valence-corrected chi connectivity index (χ4v) is 4.17. The molecule has 3 N–H and O–H groups in total. The standard InChI is InChI=1S/C22H31N5O2/c1-16(26(2)19-7-5-18(14-23)6-8-19)13-17-3-9-20(10-4-17)27-12-11-21(24-15-28)25-22(27)29/h3-4,9-12,15-16,18-19H,5-8,13-14,23H2,1-2H3,(H,24,25,28,29). The minimum Gasteiger partial charge on any atom is -0.330 e. The molecule has 0 aliphatic heterocycles. The van der Waals surface area contributed by atoms with Gasteiger partial charge in [-0.25, -0.2) is 4.79 Å². The Hall–Kier alpha value is -2.51. The largest absolute Gasteiger partial charge is 0.354 e. The first-order chi connectivity index (χ1) is 14.0. The van der Waals surface area contributed by atoms with Crippen molar-refractivity contribution in [2.45, 2.75) is 51.1 Å². The van der Waals surface area contributed by atoms with E-state index in [0.717, 1.165) is 18.7 Å². The van der Waals surface area contributed by atoms with Crippen molar-refractivity contribution >= 4 is 12.2 Å². The topological polar surface area (TPSA) is 93.2 Å². The quantitative estimate of drug-likeness (QED) is 0.666. The molecule has 2 aromatic rings. The van der Waals surface area contributed by atoms with Crippen molar-refractivity contribution in [1.82, 2.24) is 14.5 Å². The number of nitrogens with one attached hydrogen (secondary N) is 1. The summed E-state index contributed by atoms with van der Waals surface area (Å²) in [5.41, 5.74) is 7.38. The molecule has 1 heterocycles. The highest BCUT2D eigenvalue weighted by atomic mass is 16.1. The summed E-state index contributed by atoms with van der Waals surface area (Å²) >= 11 is 0. The third-order valence-corrected chi connectivity index (χ3v) is 6.18. The lowest BCUT2D eigenvalue weighted by Crippen LogP contribution is -2.42. The van der Waals surface area contributed by atoms with Crippen LogP contribution in [0.4, 0.5) is 5.82 Å². The Morgan fingerprint density at radius 3 is 2.52 bits per heavy atom. The molecule has 1 unspecified atom stereocenters. The van der Waals surface area contributed by atoms with E-state index in [0.29, 0.717) is 24.4 Å². The first-order valence-corrected chi connectivity index (χ1v) is 10.3. The summed E-state index contributed by atoms with van der Waals surface area (Å²) in [5.74, 6) is 0.943. The van der Waals surface area contributed by atoms with Crippen LogP contribution in [0.5, 0.6) is 0 Å². The van der Waals surface area contributed by atoms with Crippen LogP contribution in [0.2, 0.25) is 0 Å². The van der Waals surface area contributed by atoms with Crippen LogP contribution in [0.1, 0.15) is 38.2 Å². The van der Waals surface area contributed by atoms with Crippen LogP contribution in [-0.4, -0.2) is 46.5 Å². The molecule has 1 aromatic heterocycles. The summed E-state index contributed by atoms with van der Waals surface area (Å²) < 4.78 is 1.46. The van der Waals surface area contributed by atoms with Gasteiger partial charge in [-0.05, 0) is 82.3 Å². The van der Waals surface area contributed by atoms with Crippen molar-refractivity contribution in [3.63, 3.8) is 0 Å². The molecule has 1 aromatic carbocycles. The number of rotatable bonds is 8. The molecule has 0 bridgehead atoms. The SMILES string of the molecule is CC(Cc1ccc(-n2ccc(NC=O)nc2=O)cc1)N(C)C1CCC(CN)CC1. The summed E-state index contributed by atoms with van der Waals surface area (Å²) in [6.45, 7) is 3.09. The minimum atomic E-state index is -0.425. The summed E-state index contributed by atoms with van der Waals surface area (Å²) in [5, 5.41) is 2.39. The average Bonchev–Trinajstić information content (AvgIpc) is 2.74. The molecule has 0 radical (unpaired) electrons. The van der Waals surface area contributed by atoms with E-state index in [1.54, 1.807) is 12.3 Å². The van der Waals surface area contributed by atoms with Crippen molar-refractivity contribution in [3.05, 3.63) is 52.6 Å². The second-order valence-electron chi connectivity index (χ2n) is 8.02. The molecular formula is C22H31N5O2. The van der Waals surface area contributed by atoms with Crippen LogP contribution in [0, 0.1) is 5.92 Å². The summed E-state index contributed by atoms with van der Waals surface area (Å²) in [6, 6.07) is 10.7. The van der Waals surface area contributed by atoms with Crippen LogP contribution in [0.15, 0.2) is 41.3 Å². The first-order valence-electron chi connectivity index (χ1n) is 10.3. The number of nitrogens with two attached hydrogens (primary N) is 1. The van der Waals surface area contributed by atoms with Gasteiger partial charge in [0.25, 0.3) is 0 Å². The molecule has 1 aliphatic carbocycles. The summed E-state index contributed by atoms with van der Waals surface area (Å²) in [7, 11) is 2.23. The molecule has 1 saturated carbocycles.